The Labute approximate surface area is 85.1 Å². The Bertz CT molecular complexity index is 320. The second kappa shape index (κ2) is 4.82. The van der Waals surface area contributed by atoms with Crippen molar-refractivity contribution in [1.82, 2.24) is 0 Å². The smallest absolute Gasteiger partial charge is 0.115 e. The number of benzene rings is 1. The first-order chi connectivity index (χ1) is 6.69. The zero-order chi connectivity index (χ0) is 10.6. The van der Waals surface area contributed by atoms with E-state index in [0.717, 1.165) is 18.4 Å². The van der Waals surface area contributed by atoms with Crippen LogP contribution in [0.1, 0.15) is 30.5 Å². The first-order valence-electron chi connectivity index (χ1n) is 4.87. The van der Waals surface area contributed by atoms with Gasteiger partial charge in [0.1, 0.15) is 5.75 Å². The third-order valence-electron chi connectivity index (χ3n) is 2.33. The number of hydrogen-bond acceptors (Lipinski definition) is 2. The van der Waals surface area contributed by atoms with E-state index in [1.54, 1.807) is 18.2 Å². The third-order valence-corrected chi connectivity index (χ3v) is 2.33. The summed E-state index contributed by atoms with van der Waals surface area (Å²) in [6.07, 6.45) is 3.46. The highest BCUT2D eigenvalue weighted by Crippen LogP contribution is 2.24. The lowest BCUT2D eigenvalue weighted by Crippen LogP contribution is -2.11. The van der Waals surface area contributed by atoms with Gasteiger partial charge in [-0.15, -0.1) is 6.58 Å². The van der Waals surface area contributed by atoms with Crippen LogP contribution in [0.15, 0.2) is 30.9 Å². The Morgan fingerprint density at radius 1 is 1.57 bits per heavy atom. The van der Waals surface area contributed by atoms with Crippen LogP contribution in [0.4, 0.5) is 0 Å². The summed E-state index contributed by atoms with van der Waals surface area (Å²) in [6.45, 7) is 5.74. The molecule has 14 heavy (non-hydrogen) atoms. The fourth-order valence-corrected chi connectivity index (χ4v) is 1.56. The van der Waals surface area contributed by atoms with Crippen molar-refractivity contribution in [3.8, 4) is 5.75 Å². The average Bonchev–Trinajstić information content (AvgIpc) is 2.18. The summed E-state index contributed by atoms with van der Waals surface area (Å²) in [6, 6.07) is 5.30. The van der Waals surface area contributed by atoms with Crippen molar-refractivity contribution in [2.75, 3.05) is 0 Å². The van der Waals surface area contributed by atoms with E-state index in [4.69, 9.17) is 5.73 Å². The third kappa shape index (κ3) is 2.36. The van der Waals surface area contributed by atoms with Gasteiger partial charge >= 0.3 is 0 Å². The highest BCUT2D eigenvalue weighted by molar-refractivity contribution is 5.37. The van der Waals surface area contributed by atoms with Gasteiger partial charge in [-0.1, -0.05) is 19.1 Å². The molecule has 1 atom stereocenters. The topological polar surface area (TPSA) is 46.2 Å². The number of phenolic OH excluding ortho intramolecular Hbond substituents is 1. The van der Waals surface area contributed by atoms with Gasteiger partial charge in [0, 0.05) is 6.04 Å². The molecule has 3 N–H and O–H groups in total. The van der Waals surface area contributed by atoms with E-state index in [1.165, 1.54) is 5.56 Å². The molecule has 0 aliphatic heterocycles. The number of aryl methyl sites for hydroxylation is 1. The van der Waals surface area contributed by atoms with E-state index in [0.29, 0.717) is 0 Å². The van der Waals surface area contributed by atoms with Gasteiger partial charge < -0.3 is 10.8 Å². The van der Waals surface area contributed by atoms with Gasteiger partial charge in [0.25, 0.3) is 0 Å². The lowest BCUT2D eigenvalue weighted by atomic mass is 9.97. The van der Waals surface area contributed by atoms with E-state index in [2.05, 4.69) is 13.5 Å². The Kier molecular flexibility index (Phi) is 3.72. The molecule has 0 heterocycles. The molecule has 1 rings (SSSR count). The van der Waals surface area contributed by atoms with Crippen LogP contribution in [-0.2, 0) is 6.42 Å². The normalized spacial score (nSPS) is 12.4. The summed E-state index contributed by atoms with van der Waals surface area (Å²) in [4.78, 5) is 0. The zero-order valence-electron chi connectivity index (χ0n) is 8.53. The lowest BCUT2D eigenvalue weighted by Gasteiger charge is -2.14. The molecule has 0 spiro atoms. The number of hydrogen-bond donors (Lipinski definition) is 2. The van der Waals surface area contributed by atoms with Gasteiger partial charge in [-0.05, 0) is 36.1 Å². The highest BCUT2D eigenvalue weighted by atomic mass is 16.3. The molecule has 0 bridgehead atoms. The number of phenols is 1. The van der Waals surface area contributed by atoms with E-state index in [9.17, 15) is 5.11 Å². The quantitative estimate of drug-likeness (QED) is 0.718. The van der Waals surface area contributed by atoms with Crippen molar-refractivity contribution in [1.29, 1.82) is 0 Å². The van der Waals surface area contributed by atoms with Crippen LogP contribution >= 0.6 is 0 Å². The average molecular weight is 191 g/mol. The van der Waals surface area contributed by atoms with Crippen molar-refractivity contribution in [2.45, 2.75) is 25.8 Å². The number of aromatic hydroxyl groups is 1. The Hall–Kier alpha value is -1.28. The predicted molar refractivity (Wildman–Crippen MR) is 59.2 cm³/mol. The van der Waals surface area contributed by atoms with Crippen LogP contribution in [-0.4, -0.2) is 5.11 Å². The minimum Gasteiger partial charge on any atom is -0.508 e. The van der Waals surface area contributed by atoms with E-state index in [1.807, 2.05) is 6.07 Å². The molecule has 0 aliphatic rings. The summed E-state index contributed by atoms with van der Waals surface area (Å²) in [5.41, 5.74) is 8.18. The summed E-state index contributed by atoms with van der Waals surface area (Å²) in [5, 5.41) is 9.37. The second-order valence-electron chi connectivity index (χ2n) is 3.37. The molecule has 0 fully saturated rings. The van der Waals surface area contributed by atoms with Crippen LogP contribution < -0.4 is 5.73 Å². The van der Waals surface area contributed by atoms with Crippen LogP contribution in [0, 0.1) is 0 Å². The molecule has 0 aromatic heterocycles. The predicted octanol–water partition coefficient (Wildman–Crippen LogP) is 2.53. The minimum absolute atomic E-state index is 0.0606. The van der Waals surface area contributed by atoms with Crippen molar-refractivity contribution in [3.63, 3.8) is 0 Å². The first kappa shape index (κ1) is 10.8. The van der Waals surface area contributed by atoms with Gasteiger partial charge in [-0.3, -0.25) is 0 Å². The summed E-state index contributed by atoms with van der Waals surface area (Å²) >= 11 is 0. The lowest BCUT2D eigenvalue weighted by molar-refractivity contribution is 0.473. The molecule has 1 aromatic carbocycles. The van der Waals surface area contributed by atoms with Crippen molar-refractivity contribution < 1.29 is 5.11 Å². The molecule has 0 saturated heterocycles. The monoisotopic (exact) mass is 191 g/mol. The minimum atomic E-state index is -0.0606. The van der Waals surface area contributed by atoms with E-state index < -0.39 is 0 Å². The zero-order valence-corrected chi connectivity index (χ0v) is 8.53. The SMILES string of the molecule is C=CCC(N)c1cc(O)ccc1CC. The van der Waals surface area contributed by atoms with Gasteiger partial charge in [0.05, 0.1) is 0 Å². The van der Waals surface area contributed by atoms with Gasteiger partial charge in [0.15, 0.2) is 0 Å². The molecule has 1 unspecified atom stereocenters. The number of rotatable bonds is 4. The second-order valence-corrected chi connectivity index (χ2v) is 3.37. The standard InChI is InChI=1S/C12H17NO/c1-3-5-12(13)11-8-10(14)7-6-9(11)4-2/h3,6-8,12,14H,1,4-5,13H2,2H3. The first-order valence-corrected chi connectivity index (χ1v) is 4.87. The molecule has 0 saturated carbocycles. The molecular formula is C12H17NO. The van der Waals surface area contributed by atoms with Crippen LogP contribution in [0.2, 0.25) is 0 Å². The maximum absolute atomic E-state index is 9.37. The van der Waals surface area contributed by atoms with Crippen molar-refractivity contribution in [3.05, 3.63) is 42.0 Å². The highest BCUT2D eigenvalue weighted by Gasteiger charge is 2.09. The van der Waals surface area contributed by atoms with Crippen LogP contribution in [0.5, 0.6) is 5.75 Å². The molecule has 0 amide bonds. The van der Waals surface area contributed by atoms with E-state index in [-0.39, 0.29) is 11.8 Å². The maximum Gasteiger partial charge on any atom is 0.115 e. The Morgan fingerprint density at radius 3 is 2.86 bits per heavy atom. The molecule has 0 aliphatic carbocycles. The molecule has 76 valence electrons. The molecule has 0 radical (unpaired) electrons. The Morgan fingerprint density at radius 2 is 2.29 bits per heavy atom. The van der Waals surface area contributed by atoms with Crippen molar-refractivity contribution >= 4 is 0 Å². The molecule has 2 nitrogen and oxygen atoms in total. The van der Waals surface area contributed by atoms with E-state index >= 15 is 0 Å². The maximum atomic E-state index is 9.37. The van der Waals surface area contributed by atoms with Crippen LogP contribution in [0.3, 0.4) is 0 Å². The molecular weight excluding hydrogens is 174 g/mol. The Balaban J connectivity index is 3.02. The van der Waals surface area contributed by atoms with Gasteiger partial charge in [-0.25, -0.2) is 0 Å². The fraction of sp³-hybridized carbons (Fsp3) is 0.333. The molecule has 2 heteroatoms. The van der Waals surface area contributed by atoms with Crippen LogP contribution in [0.25, 0.3) is 0 Å². The molecule has 1 aromatic rings. The summed E-state index contributed by atoms with van der Waals surface area (Å²) in [7, 11) is 0. The fourth-order valence-electron chi connectivity index (χ4n) is 1.56. The van der Waals surface area contributed by atoms with Crippen molar-refractivity contribution in [2.24, 2.45) is 5.73 Å². The summed E-state index contributed by atoms with van der Waals surface area (Å²) < 4.78 is 0. The van der Waals surface area contributed by atoms with Gasteiger partial charge in [0.2, 0.25) is 0 Å². The largest absolute Gasteiger partial charge is 0.508 e. The number of nitrogens with two attached hydrogens (primary N) is 1. The van der Waals surface area contributed by atoms with Gasteiger partial charge in [-0.2, -0.15) is 0 Å². The summed E-state index contributed by atoms with van der Waals surface area (Å²) in [5.74, 6) is 0.275.